The molecule has 1 N–H and O–H groups in total. The van der Waals surface area contributed by atoms with Gasteiger partial charge in [0.15, 0.2) is 5.13 Å². The van der Waals surface area contributed by atoms with Crippen LogP contribution in [0.15, 0.2) is 29.6 Å². The Labute approximate surface area is 147 Å². The van der Waals surface area contributed by atoms with E-state index in [4.69, 9.17) is 0 Å². The molecule has 3 rings (SSSR count). The van der Waals surface area contributed by atoms with Gasteiger partial charge in [0.05, 0.1) is 10.6 Å². The molecule has 126 valence electrons. The van der Waals surface area contributed by atoms with Crippen LogP contribution in [0, 0.1) is 5.82 Å². The Bertz CT molecular complexity index is 761. The molecule has 0 aliphatic carbocycles. The molecule has 0 bridgehead atoms. The molecule has 2 amide bonds. The van der Waals surface area contributed by atoms with Crippen LogP contribution in [-0.4, -0.2) is 38.9 Å². The van der Waals surface area contributed by atoms with Gasteiger partial charge in [-0.25, -0.2) is 9.37 Å². The molecule has 1 aliphatic rings. The molecule has 0 radical (unpaired) electrons. The van der Waals surface area contributed by atoms with Crippen LogP contribution in [0.3, 0.4) is 0 Å². The Morgan fingerprint density at radius 2 is 2.12 bits per heavy atom. The molecule has 1 aromatic heterocycles. The molecule has 2 heterocycles. The summed E-state index contributed by atoms with van der Waals surface area (Å²) in [6.45, 7) is 3.82. The molecule has 1 fully saturated rings. The zero-order valence-electron chi connectivity index (χ0n) is 13.2. The maximum atomic E-state index is 13.0. The third-order valence-electron chi connectivity index (χ3n) is 3.84. The van der Waals surface area contributed by atoms with Gasteiger partial charge >= 0.3 is 0 Å². The van der Waals surface area contributed by atoms with Gasteiger partial charge in [0.2, 0.25) is 12.3 Å². The summed E-state index contributed by atoms with van der Waals surface area (Å²) in [5.74, 6) is -0.00804. The summed E-state index contributed by atoms with van der Waals surface area (Å²) in [5.41, 5.74) is 1.45. The molecule has 5 nitrogen and oxygen atoms in total. The summed E-state index contributed by atoms with van der Waals surface area (Å²) in [4.78, 5) is 29.2. The predicted octanol–water partition coefficient (Wildman–Crippen LogP) is 3.20. The van der Waals surface area contributed by atoms with Crippen molar-refractivity contribution < 1.29 is 14.0 Å². The molecule has 1 aliphatic heterocycles. The number of aromatic nitrogens is 1. The number of nitrogens with zero attached hydrogens (tertiary/aromatic N) is 2. The Hall–Kier alpha value is -1.93. The van der Waals surface area contributed by atoms with Gasteiger partial charge in [-0.3, -0.25) is 9.59 Å². The van der Waals surface area contributed by atoms with Crippen molar-refractivity contribution in [2.24, 2.45) is 0 Å². The van der Waals surface area contributed by atoms with Crippen LogP contribution < -0.4 is 5.32 Å². The van der Waals surface area contributed by atoms with Crippen LogP contribution in [0.2, 0.25) is 0 Å². The van der Waals surface area contributed by atoms with Crippen LogP contribution in [0.4, 0.5) is 9.52 Å². The van der Waals surface area contributed by atoms with Crippen LogP contribution in [0.1, 0.15) is 13.8 Å². The van der Waals surface area contributed by atoms with Crippen molar-refractivity contribution in [3.63, 3.8) is 0 Å². The highest BCUT2D eigenvalue weighted by molar-refractivity contribution is 8.00. The number of nitrogens with one attached hydrogen (secondary N) is 1. The lowest BCUT2D eigenvalue weighted by Crippen LogP contribution is -2.47. The molecular weight excluding hydrogens is 349 g/mol. The number of amides is 2. The SMILES string of the molecule is CC1(C)SCC(C(=O)Nc2nc(-c3ccc(F)cc3)cs2)N1C=O. The van der Waals surface area contributed by atoms with Crippen LogP contribution in [0.5, 0.6) is 0 Å². The van der Waals surface area contributed by atoms with Gasteiger partial charge in [-0.2, -0.15) is 0 Å². The van der Waals surface area contributed by atoms with Gasteiger partial charge in [-0.05, 0) is 38.1 Å². The minimum absolute atomic E-state index is 0.250. The zero-order valence-corrected chi connectivity index (χ0v) is 14.8. The molecule has 1 aromatic carbocycles. The molecule has 0 saturated carbocycles. The summed E-state index contributed by atoms with van der Waals surface area (Å²) in [5, 5.41) is 5.03. The highest BCUT2D eigenvalue weighted by Gasteiger charge is 2.43. The second kappa shape index (κ2) is 6.52. The molecule has 1 atom stereocenters. The van der Waals surface area contributed by atoms with Gasteiger partial charge in [0.25, 0.3) is 0 Å². The Balaban J connectivity index is 1.72. The van der Waals surface area contributed by atoms with E-state index in [0.29, 0.717) is 16.6 Å². The number of rotatable bonds is 4. The first-order chi connectivity index (χ1) is 11.4. The van der Waals surface area contributed by atoms with Gasteiger partial charge in [-0.15, -0.1) is 23.1 Å². The first-order valence-electron chi connectivity index (χ1n) is 7.31. The van der Waals surface area contributed by atoms with Crippen molar-refractivity contribution >= 4 is 40.5 Å². The smallest absolute Gasteiger partial charge is 0.249 e. The standard InChI is InChI=1S/C16H16FN3O2S2/c1-16(2)20(9-21)13(8-24-16)14(22)19-15-18-12(7-23-15)10-3-5-11(17)6-4-10/h3-7,9,13H,8H2,1-2H3,(H,18,19,22). The van der Waals surface area contributed by atoms with Gasteiger partial charge in [0.1, 0.15) is 11.9 Å². The monoisotopic (exact) mass is 365 g/mol. The third-order valence-corrected chi connectivity index (χ3v) is 6.00. The van der Waals surface area contributed by atoms with Gasteiger partial charge in [-0.1, -0.05) is 0 Å². The number of carbonyl (C=O) groups is 2. The van der Waals surface area contributed by atoms with Crippen LogP contribution in [0.25, 0.3) is 11.3 Å². The molecule has 24 heavy (non-hydrogen) atoms. The fourth-order valence-corrected chi connectivity index (χ4v) is 4.41. The van der Waals surface area contributed by atoms with E-state index in [1.54, 1.807) is 29.3 Å². The van der Waals surface area contributed by atoms with Crippen LogP contribution in [-0.2, 0) is 9.59 Å². The van der Waals surface area contributed by atoms with E-state index in [-0.39, 0.29) is 11.7 Å². The summed E-state index contributed by atoms with van der Waals surface area (Å²) < 4.78 is 13.0. The highest BCUT2D eigenvalue weighted by atomic mass is 32.2. The zero-order chi connectivity index (χ0) is 17.3. The molecule has 1 saturated heterocycles. The maximum Gasteiger partial charge on any atom is 0.249 e. The second-order valence-electron chi connectivity index (χ2n) is 5.82. The summed E-state index contributed by atoms with van der Waals surface area (Å²) >= 11 is 2.86. The molecule has 1 unspecified atom stereocenters. The first-order valence-corrected chi connectivity index (χ1v) is 9.17. The number of anilines is 1. The fourth-order valence-electron chi connectivity index (χ4n) is 2.49. The van der Waals surface area contributed by atoms with E-state index in [9.17, 15) is 14.0 Å². The van der Waals surface area contributed by atoms with E-state index in [1.807, 2.05) is 13.8 Å². The lowest BCUT2D eigenvalue weighted by Gasteiger charge is -2.29. The normalized spacial score (nSPS) is 19.3. The number of carbonyl (C=O) groups excluding carboxylic acids is 2. The lowest BCUT2D eigenvalue weighted by atomic mass is 10.2. The Morgan fingerprint density at radius 3 is 2.79 bits per heavy atom. The lowest BCUT2D eigenvalue weighted by molar-refractivity contribution is -0.130. The third kappa shape index (κ3) is 3.29. The van der Waals surface area contributed by atoms with Crippen molar-refractivity contribution in [1.82, 2.24) is 9.88 Å². The van der Waals surface area contributed by atoms with E-state index in [0.717, 1.165) is 12.0 Å². The number of halogens is 1. The Kier molecular flexibility index (Phi) is 4.60. The maximum absolute atomic E-state index is 13.0. The Morgan fingerprint density at radius 1 is 1.42 bits per heavy atom. The quantitative estimate of drug-likeness (QED) is 0.845. The molecule has 8 heteroatoms. The number of thioether (sulfide) groups is 1. The average Bonchev–Trinajstić information content (AvgIpc) is 3.11. The number of benzene rings is 1. The largest absolute Gasteiger partial charge is 0.318 e. The molecular formula is C16H16FN3O2S2. The topological polar surface area (TPSA) is 62.3 Å². The molecule has 0 spiro atoms. The van der Waals surface area contributed by atoms with Crippen molar-refractivity contribution in [2.75, 3.05) is 11.1 Å². The van der Waals surface area contributed by atoms with Crippen molar-refractivity contribution in [3.8, 4) is 11.3 Å². The predicted molar refractivity (Wildman–Crippen MR) is 94.4 cm³/mol. The summed E-state index contributed by atoms with van der Waals surface area (Å²) in [6.07, 6.45) is 0.718. The minimum atomic E-state index is -0.513. The van der Waals surface area contributed by atoms with E-state index in [1.165, 1.54) is 28.4 Å². The van der Waals surface area contributed by atoms with Crippen molar-refractivity contribution in [1.29, 1.82) is 0 Å². The number of hydrogen-bond donors (Lipinski definition) is 1. The van der Waals surface area contributed by atoms with E-state index < -0.39 is 10.9 Å². The highest BCUT2D eigenvalue weighted by Crippen LogP contribution is 2.38. The van der Waals surface area contributed by atoms with Crippen molar-refractivity contribution in [3.05, 3.63) is 35.5 Å². The number of thiazole rings is 1. The van der Waals surface area contributed by atoms with Gasteiger partial charge < -0.3 is 10.2 Å². The minimum Gasteiger partial charge on any atom is -0.318 e. The van der Waals surface area contributed by atoms with E-state index >= 15 is 0 Å². The second-order valence-corrected chi connectivity index (χ2v) is 8.30. The van der Waals surface area contributed by atoms with Gasteiger partial charge in [0, 0.05) is 16.7 Å². The number of hydrogen-bond acceptors (Lipinski definition) is 5. The van der Waals surface area contributed by atoms with Crippen molar-refractivity contribution in [2.45, 2.75) is 24.8 Å². The summed E-state index contributed by atoms with van der Waals surface area (Å²) in [6, 6.07) is 5.50. The fraction of sp³-hybridized carbons (Fsp3) is 0.312. The van der Waals surface area contributed by atoms with Crippen LogP contribution >= 0.6 is 23.1 Å². The first kappa shape index (κ1) is 16.9. The molecule has 2 aromatic rings. The summed E-state index contributed by atoms with van der Waals surface area (Å²) in [7, 11) is 0. The average molecular weight is 365 g/mol. The van der Waals surface area contributed by atoms with E-state index in [2.05, 4.69) is 10.3 Å².